The molecule has 0 saturated heterocycles. The van der Waals surface area contributed by atoms with Gasteiger partial charge in [0, 0.05) is 24.0 Å². The van der Waals surface area contributed by atoms with E-state index < -0.39 is 15.9 Å². The molecule has 0 unspecified atom stereocenters. The number of amidine groups is 1. The van der Waals surface area contributed by atoms with Crippen molar-refractivity contribution in [1.29, 1.82) is 0 Å². The summed E-state index contributed by atoms with van der Waals surface area (Å²) in [7, 11) is -3.71. The van der Waals surface area contributed by atoms with E-state index >= 15 is 0 Å². The van der Waals surface area contributed by atoms with Crippen molar-refractivity contribution in [2.45, 2.75) is 30.6 Å². The van der Waals surface area contributed by atoms with Gasteiger partial charge in [0.15, 0.2) is 5.76 Å². The van der Waals surface area contributed by atoms with Gasteiger partial charge in [-0.05, 0) is 65.2 Å². The zero-order chi connectivity index (χ0) is 21.1. The van der Waals surface area contributed by atoms with E-state index in [-0.39, 0.29) is 10.7 Å². The van der Waals surface area contributed by atoms with E-state index in [0.29, 0.717) is 30.1 Å². The van der Waals surface area contributed by atoms with Crippen LogP contribution in [0.2, 0.25) is 0 Å². The summed E-state index contributed by atoms with van der Waals surface area (Å²) in [6.07, 6.45) is 3.57. The number of fused-ring (bicyclic) bond motifs is 1. The second-order valence-electron chi connectivity index (χ2n) is 6.99. The number of rotatable bonds is 4. The van der Waals surface area contributed by atoms with Crippen LogP contribution in [-0.2, 0) is 10.0 Å². The predicted molar refractivity (Wildman–Crippen MR) is 119 cm³/mol. The molecule has 9 heteroatoms. The van der Waals surface area contributed by atoms with Crippen molar-refractivity contribution in [2.24, 2.45) is 4.99 Å². The molecule has 156 valence electrons. The molecule has 0 spiro atoms. The van der Waals surface area contributed by atoms with Crippen LogP contribution in [0.3, 0.4) is 0 Å². The molecule has 1 aromatic heterocycles. The summed E-state index contributed by atoms with van der Waals surface area (Å²) in [4.78, 5) is 16.9. The van der Waals surface area contributed by atoms with Crippen LogP contribution in [0.15, 0.2) is 67.3 Å². The van der Waals surface area contributed by atoms with Gasteiger partial charge in [-0.25, -0.2) is 8.42 Å². The second-order valence-corrected chi connectivity index (χ2v) is 9.53. The summed E-state index contributed by atoms with van der Waals surface area (Å²) in [5.41, 5.74) is 1.06. The molecule has 2 aromatic carbocycles. The monoisotopic (exact) mass is 489 g/mol. The third-order valence-corrected chi connectivity index (χ3v) is 6.79. The number of halogens is 1. The number of benzene rings is 2. The highest BCUT2D eigenvalue weighted by atomic mass is 79.9. The Balaban J connectivity index is 1.46. The number of anilines is 1. The van der Waals surface area contributed by atoms with Gasteiger partial charge in [-0.2, -0.15) is 0 Å². The molecule has 0 bridgehead atoms. The van der Waals surface area contributed by atoms with Crippen LogP contribution in [0.25, 0.3) is 11.0 Å². The first-order valence-corrected chi connectivity index (χ1v) is 11.9. The molecule has 2 N–H and O–H groups in total. The number of nitrogens with one attached hydrogen (secondary N) is 2. The lowest BCUT2D eigenvalue weighted by Crippen LogP contribution is -2.30. The van der Waals surface area contributed by atoms with Crippen LogP contribution >= 0.6 is 15.9 Å². The number of hydrogen-bond donors (Lipinski definition) is 2. The van der Waals surface area contributed by atoms with Gasteiger partial charge in [0.05, 0.1) is 9.37 Å². The first kappa shape index (κ1) is 20.6. The first-order valence-electron chi connectivity index (χ1n) is 9.58. The predicted octanol–water partition coefficient (Wildman–Crippen LogP) is 4.70. The number of carbonyl (C=O) groups is 1. The molecule has 0 saturated carbocycles. The molecule has 30 heavy (non-hydrogen) atoms. The van der Waals surface area contributed by atoms with Crippen molar-refractivity contribution in [3.63, 3.8) is 0 Å². The summed E-state index contributed by atoms with van der Waals surface area (Å²) in [5, 5.41) is 3.53. The van der Waals surface area contributed by atoms with Gasteiger partial charge in [-0.15, -0.1) is 0 Å². The Labute approximate surface area is 182 Å². The average Bonchev–Trinajstić information content (AvgIpc) is 3.01. The fourth-order valence-corrected chi connectivity index (χ4v) is 4.77. The summed E-state index contributed by atoms with van der Waals surface area (Å²) >= 11 is 3.40. The molecule has 0 aliphatic carbocycles. The van der Waals surface area contributed by atoms with E-state index in [9.17, 15) is 13.2 Å². The van der Waals surface area contributed by atoms with Crippen LogP contribution in [0.4, 0.5) is 5.69 Å². The number of sulfonamides is 1. The number of carbonyl (C=O) groups excluding carboxylic acids is 1. The molecule has 1 aliphatic heterocycles. The molecule has 1 amide bonds. The first-order chi connectivity index (χ1) is 14.4. The number of aliphatic imine (C=N–C) groups is 1. The van der Waals surface area contributed by atoms with Gasteiger partial charge < -0.3 is 9.73 Å². The molecule has 0 radical (unpaired) electrons. The van der Waals surface area contributed by atoms with Crippen molar-refractivity contribution < 1.29 is 17.6 Å². The standard InChI is InChI=1S/C21H20BrN3O4S/c22-17-6-4-5-14-13-18(29-20(14)17)21(26)24-15-8-10-16(11-9-15)30(27,28)25-19-7-2-1-3-12-23-19/h4-6,8-11,13H,1-3,7,12H2,(H,23,25)(H,24,26). The normalized spacial score (nSPS) is 14.8. The number of para-hydroxylation sites is 1. The van der Waals surface area contributed by atoms with E-state index in [0.717, 1.165) is 29.1 Å². The van der Waals surface area contributed by atoms with Crippen molar-refractivity contribution in [3.05, 3.63) is 58.8 Å². The third kappa shape index (κ3) is 4.57. The van der Waals surface area contributed by atoms with Crippen LogP contribution in [0.1, 0.15) is 36.2 Å². The topological polar surface area (TPSA) is 101 Å². The Bertz CT molecular complexity index is 1220. The Morgan fingerprint density at radius 2 is 1.87 bits per heavy atom. The highest BCUT2D eigenvalue weighted by molar-refractivity contribution is 9.10. The van der Waals surface area contributed by atoms with Crippen LogP contribution < -0.4 is 10.0 Å². The Hall–Kier alpha value is -2.65. The van der Waals surface area contributed by atoms with E-state index in [1.54, 1.807) is 18.2 Å². The molecule has 0 fully saturated rings. The number of amides is 1. The molecule has 2 heterocycles. The maximum absolute atomic E-state index is 12.6. The van der Waals surface area contributed by atoms with Crippen molar-refractivity contribution in [2.75, 3.05) is 11.9 Å². The lowest BCUT2D eigenvalue weighted by molar-refractivity contribution is 0.0998. The Morgan fingerprint density at radius 3 is 2.63 bits per heavy atom. The minimum Gasteiger partial charge on any atom is -0.450 e. The highest BCUT2D eigenvalue weighted by Gasteiger charge is 2.18. The molecule has 1 aliphatic rings. The van der Waals surface area contributed by atoms with Crippen molar-refractivity contribution in [1.82, 2.24) is 4.72 Å². The van der Waals surface area contributed by atoms with Crippen molar-refractivity contribution in [3.8, 4) is 0 Å². The molecule has 0 atom stereocenters. The fraction of sp³-hybridized carbons (Fsp3) is 0.238. The van der Waals surface area contributed by atoms with Crippen molar-refractivity contribution >= 4 is 54.4 Å². The average molecular weight is 490 g/mol. The number of nitrogens with zero attached hydrogens (tertiary/aromatic N) is 1. The zero-order valence-electron chi connectivity index (χ0n) is 16.0. The lowest BCUT2D eigenvalue weighted by Gasteiger charge is -2.10. The molecular formula is C21H20BrN3O4S. The number of furan rings is 1. The van der Waals surface area contributed by atoms with Gasteiger partial charge in [0.25, 0.3) is 15.9 Å². The largest absolute Gasteiger partial charge is 0.450 e. The smallest absolute Gasteiger partial charge is 0.291 e. The summed E-state index contributed by atoms with van der Waals surface area (Å²) < 4.78 is 34.2. The summed E-state index contributed by atoms with van der Waals surface area (Å²) in [6.45, 7) is 0.640. The highest BCUT2D eigenvalue weighted by Crippen LogP contribution is 2.27. The minimum absolute atomic E-state index is 0.111. The third-order valence-electron chi connectivity index (χ3n) is 4.77. The van der Waals surface area contributed by atoms with E-state index in [1.807, 2.05) is 18.2 Å². The van der Waals surface area contributed by atoms with Crippen LogP contribution in [-0.4, -0.2) is 26.7 Å². The summed E-state index contributed by atoms with van der Waals surface area (Å²) in [6, 6.07) is 13.2. The van der Waals surface area contributed by atoms with Gasteiger partial charge in [-0.1, -0.05) is 18.6 Å². The van der Waals surface area contributed by atoms with Crippen LogP contribution in [0.5, 0.6) is 0 Å². The molecule has 3 aromatic rings. The van der Waals surface area contributed by atoms with E-state index in [4.69, 9.17) is 4.42 Å². The SMILES string of the molecule is O=C(Nc1ccc(S(=O)(=O)NC2=NCCCCC2)cc1)c1cc2cccc(Br)c2o1. The van der Waals surface area contributed by atoms with Gasteiger partial charge in [0.1, 0.15) is 11.4 Å². The van der Waals surface area contributed by atoms with Gasteiger partial charge in [-0.3, -0.25) is 14.5 Å². The lowest BCUT2D eigenvalue weighted by atomic mass is 10.2. The Morgan fingerprint density at radius 1 is 1.07 bits per heavy atom. The minimum atomic E-state index is -3.71. The maximum atomic E-state index is 12.6. The molecule has 4 rings (SSSR count). The zero-order valence-corrected chi connectivity index (χ0v) is 18.4. The van der Waals surface area contributed by atoms with Crippen LogP contribution in [0, 0.1) is 0 Å². The second kappa shape index (κ2) is 8.61. The molecular weight excluding hydrogens is 470 g/mol. The maximum Gasteiger partial charge on any atom is 0.291 e. The van der Waals surface area contributed by atoms with Gasteiger partial charge in [0.2, 0.25) is 0 Å². The van der Waals surface area contributed by atoms with E-state index in [1.165, 1.54) is 12.1 Å². The van der Waals surface area contributed by atoms with Gasteiger partial charge >= 0.3 is 0 Å². The van der Waals surface area contributed by atoms with E-state index in [2.05, 4.69) is 31.0 Å². The summed E-state index contributed by atoms with van der Waals surface area (Å²) in [5.74, 6) is 0.252. The number of hydrogen-bond acceptors (Lipinski definition) is 5. The molecule has 7 nitrogen and oxygen atoms in total. The Kier molecular flexibility index (Phi) is 5.92. The quantitative estimate of drug-likeness (QED) is 0.554. The fourth-order valence-electron chi connectivity index (χ4n) is 3.22.